The fourth-order valence-electron chi connectivity index (χ4n) is 1.06. The molecule has 0 aliphatic carbocycles. The first-order valence-corrected chi connectivity index (χ1v) is 5.14. The minimum atomic E-state index is 0.131. The minimum absolute atomic E-state index is 0.131. The Hall–Kier alpha value is -0.340. The van der Waals surface area contributed by atoms with E-state index in [0.717, 1.165) is 18.7 Å². The SMILES string of the molecule is CCCC(Cl)Cc1ncc(Cl)cn1. The van der Waals surface area contributed by atoms with Gasteiger partial charge in [0.2, 0.25) is 0 Å². The van der Waals surface area contributed by atoms with E-state index in [2.05, 4.69) is 16.9 Å². The van der Waals surface area contributed by atoms with E-state index in [4.69, 9.17) is 23.2 Å². The zero-order valence-electron chi connectivity index (χ0n) is 7.50. The highest BCUT2D eigenvalue weighted by Crippen LogP contribution is 2.11. The zero-order valence-corrected chi connectivity index (χ0v) is 9.02. The predicted molar refractivity (Wildman–Crippen MR) is 55.3 cm³/mol. The fraction of sp³-hybridized carbons (Fsp3) is 0.556. The normalized spacial score (nSPS) is 12.8. The highest BCUT2D eigenvalue weighted by molar-refractivity contribution is 6.30. The average molecular weight is 219 g/mol. The molecule has 0 spiro atoms. The standard InChI is InChI=1S/C9H12Cl2N2/c1-2-3-7(10)4-9-12-5-8(11)6-13-9/h5-7H,2-4H2,1H3. The summed E-state index contributed by atoms with van der Waals surface area (Å²) < 4.78 is 0. The Kier molecular flexibility index (Phi) is 4.46. The molecule has 1 heterocycles. The molecule has 0 amide bonds. The quantitative estimate of drug-likeness (QED) is 0.727. The van der Waals surface area contributed by atoms with Crippen LogP contribution in [0, 0.1) is 0 Å². The first kappa shape index (κ1) is 10.7. The number of alkyl halides is 1. The van der Waals surface area contributed by atoms with Crippen LogP contribution in [0.1, 0.15) is 25.6 Å². The van der Waals surface area contributed by atoms with Gasteiger partial charge in [-0.2, -0.15) is 0 Å². The maximum atomic E-state index is 6.04. The Balaban J connectivity index is 2.49. The van der Waals surface area contributed by atoms with Crippen molar-refractivity contribution < 1.29 is 0 Å². The van der Waals surface area contributed by atoms with Crippen LogP contribution in [-0.2, 0) is 6.42 Å². The molecule has 0 aliphatic heterocycles. The lowest BCUT2D eigenvalue weighted by molar-refractivity contribution is 0.702. The van der Waals surface area contributed by atoms with E-state index < -0.39 is 0 Å². The van der Waals surface area contributed by atoms with Crippen LogP contribution in [0.3, 0.4) is 0 Å². The molecule has 1 unspecified atom stereocenters. The van der Waals surface area contributed by atoms with Crippen molar-refractivity contribution in [2.24, 2.45) is 0 Å². The number of rotatable bonds is 4. The van der Waals surface area contributed by atoms with Gasteiger partial charge in [-0.3, -0.25) is 0 Å². The average Bonchev–Trinajstić information content (AvgIpc) is 2.09. The number of nitrogens with zero attached hydrogens (tertiary/aromatic N) is 2. The van der Waals surface area contributed by atoms with E-state index in [1.165, 1.54) is 0 Å². The summed E-state index contributed by atoms with van der Waals surface area (Å²) in [5, 5.41) is 0.691. The molecule has 1 aromatic rings. The number of hydrogen-bond acceptors (Lipinski definition) is 2. The highest BCUT2D eigenvalue weighted by atomic mass is 35.5. The molecule has 4 heteroatoms. The summed E-state index contributed by atoms with van der Waals surface area (Å²) in [5.74, 6) is 0.762. The molecule has 0 radical (unpaired) electrons. The first-order chi connectivity index (χ1) is 6.22. The van der Waals surface area contributed by atoms with Gasteiger partial charge in [-0.05, 0) is 6.42 Å². The minimum Gasteiger partial charge on any atom is -0.240 e. The van der Waals surface area contributed by atoms with Crippen molar-refractivity contribution in [3.8, 4) is 0 Å². The molecule has 1 atom stereocenters. The summed E-state index contributed by atoms with van der Waals surface area (Å²) >= 11 is 11.7. The highest BCUT2D eigenvalue weighted by Gasteiger charge is 2.06. The zero-order chi connectivity index (χ0) is 9.68. The van der Waals surface area contributed by atoms with E-state index in [9.17, 15) is 0 Å². The van der Waals surface area contributed by atoms with Crippen LogP contribution in [0.2, 0.25) is 5.02 Å². The molecule has 72 valence electrons. The van der Waals surface area contributed by atoms with Crippen molar-refractivity contribution in [3.05, 3.63) is 23.2 Å². The molecule has 0 saturated heterocycles. The molecule has 2 nitrogen and oxygen atoms in total. The van der Waals surface area contributed by atoms with Crippen LogP contribution < -0.4 is 0 Å². The first-order valence-electron chi connectivity index (χ1n) is 4.33. The van der Waals surface area contributed by atoms with Gasteiger partial charge in [0.1, 0.15) is 5.82 Å². The Morgan fingerprint density at radius 1 is 1.38 bits per heavy atom. The Bertz CT molecular complexity index is 248. The lowest BCUT2D eigenvalue weighted by Crippen LogP contribution is -2.06. The van der Waals surface area contributed by atoms with Crippen molar-refractivity contribution in [1.29, 1.82) is 0 Å². The van der Waals surface area contributed by atoms with E-state index in [-0.39, 0.29) is 5.38 Å². The van der Waals surface area contributed by atoms with E-state index in [0.29, 0.717) is 11.4 Å². The molecule has 1 rings (SSSR count). The summed E-state index contributed by atoms with van der Waals surface area (Å²) in [5.41, 5.74) is 0. The third kappa shape index (κ3) is 3.92. The van der Waals surface area contributed by atoms with Gasteiger partial charge in [-0.25, -0.2) is 9.97 Å². The van der Waals surface area contributed by atoms with E-state index in [1.54, 1.807) is 12.4 Å². The monoisotopic (exact) mass is 218 g/mol. The van der Waals surface area contributed by atoms with E-state index >= 15 is 0 Å². The lowest BCUT2D eigenvalue weighted by atomic mass is 10.2. The van der Waals surface area contributed by atoms with Gasteiger partial charge in [-0.1, -0.05) is 24.9 Å². The third-order valence-corrected chi connectivity index (χ3v) is 2.25. The van der Waals surface area contributed by atoms with Crippen LogP contribution in [0.15, 0.2) is 12.4 Å². The van der Waals surface area contributed by atoms with Crippen LogP contribution in [0.4, 0.5) is 0 Å². The van der Waals surface area contributed by atoms with Gasteiger partial charge < -0.3 is 0 Å². The second-order valence-corrected chi connectivity index (χ2v) is 3.96. The molecule has 0 N–H and O–H groups in total. The van der Waals surface area contributed by atoms with Crippen LogP contribution in [0.5, 0.6) is 0 Å². The van der Waals surface area contributed by atoms with Crippen molar-refractivity contribution in [2.45, 2.75) is 31.6 Å². The molecular weight excluding hydrogens is 207 g/mol. The van der Waals surface area contributed by atoms with Crippen molar-refractivity contribution in [1.82, 2.24) is 9.97 Å². The Labute approximate surface area is 88.3 Å². The molecule has 0 fully saturated rings. The third-order valence-electron chi connectivity index (χ3n) is 1.68. The van der Waals surface area contributed by atoms with Gasteiger partial charge >= 0.3 is 0 Å². The second-order valence-electron chi connectivity index (χ2n) is 2.91. The summed E-state index contributed by atoms with van der Waals surface area (Å²) in [6.07, 6.45) is 5.99. The van der Waals surface area contributed by atoms with E-state index in [1.807, 2.05) is 0 Å². The van der Waals surface area contributed by atoms with Gasteiger partial charge in [0, 0.05) is 24.2 Å². The summed E-state index contributed by atoms with van der Waals surface area (Å²) in [6, 6.07) is 0. The molecule has 1 aromatic heterocycles. The summed E-state index contributed by atoms with van der Waals surface area (Å²) in [4.78, 5) is 8.15. The molecule has 0 aliphatic rings. The molecule has 0 aromatic carbocycles. The number of hydrogen-bond donors (Lipinski definition) is 0. The van der Waals surface area contributed by atoms with Gasteiger partial charge in [-0.15, -0.1) is 11.6 Å². The largest absolute Gasteiger partial charge is 0.240 e. The maximum absolute atomic E-state index is 6.04. The van der Waals surface area contributed by atoms with Crippen molar-refractivity contribution in [3.63, 3.8) is 0 Å². The number of halogens is 2. The predicted octanol–water partition coefficient (Wildman–Crippen LogP) is 3.08. The molecule has 0 saturated carbocycles. The summed E-state index contributed by atoms with van der Waals surface area (Å²) in [6.45, 7) is 2.11. The smallest absolute Gasteiger partial charge is 0.129 e. The maximum Gasteiger partial charge on any atom is 0.129 e. The summed E-state index contributed by atoms with van der Waals surface area (Å²) in [7, 11) is 0. The van der Waals surface area contributed by atoms with Gasteiger partial charge in [0.15, 0.2) is 0 Å². The molecule has 0 bridgehead atoms. The Morgan fingerprint density at radius 3 is 2.54 bits per heavy atom. The Morgan fingerprint density at radius 2 is 2.00 bits per heavy atom. The van der Waals surface area contributed by atoms with Crippen molar-refractivity contribution >= 4 is 23.2 Å². The van der Waals surface area contributed by atoms with Crippen LogP contribution in [-0.4, -0.2) is 15.3 Å². The second kappa shape index (κ2) is 5.40. The lowest BCUT2D eigenvalue weighted by Gasteiger charge is -2.05. The van der Waals surface area contributed by atoms with Crippen molar-refractivity contribution in [2.75, 3.05) is 0 Å². The fourth-order valence-corrected chi connectivity index (χ4v) is 1.51. The van der Waals surface area contributed by atoms with Gasteiger partial charge in [0.25, 0.3) is 0 Å². The number of aromatic nitrogens is 2. The van der Waals surface area contributed by atoms with Crippen LogP contribution >= 0.6 is 23.2 Å². The van der Waals surface area contributed by atoms with Gasteiger partial charge in [0.05, 0.1) is 5.02 Å². The molecule has 13 heavy (non-hydrogen) atoms. The van der Waals surface area contributed by atoms with Crippen LogP contribution in [0.25, 0.3) is 0 Å². The molecular formula is C9H12Cl2N2. The topological polar surface area (TPSA) is 25.8 Å².